The first-order valence-corrected chi connectivity index (χ1v) is 4.43. The van der Waals surface area contributed by atoms with Gasteiger partial charge < -0.3 is 5.11 Å². The molecule has 0 saturated heterocycles. The summed E-state index contributed by atoms with van der Waals surface area (Å²) in [7, 11) is 0. The van der Waals surface area contributed by atoms with Gasteiger partial charge in [0.2, 0.25) is 0 Å². The molecule has 0 aromatic heterocycles. The second-order valence-electron chi connectivity index (χ2n) is 2.30. The van der Waals surface area contributed by atoms with Gasteiger partial charge in [-0.05, 0) is 24.3 Å². The Morgan fingerprint density at radius 3 is 2.08 bits per heavy atom. The van der Waals surface area contributed by atoms with Crippen molar-refractivity contribution in [2.75, 3.05) is 5.94 Å². The number of hydrogen-bond donors (Lipinski definition) is 1. The van der Waals surface area contributed by atoms with Crippen molar-refractivity contribution in [3.63, 3.8) is 0 Å². The summed E-state index contributed by atoms with van der Waals surface area (Å²) in [5.41, 5.74) is -0.671. The molecule has 0 aliphatic rings. The Morgan fingerprint density at radius 1 is 1.15 bits per heavy atom. The largest absolute Gasteiger partial charge is 0.416 e. The molecule has 1 N–H and O–H groups in total. The number of aliphatic hydroxyl groups is 1. The summed E-state index contributed by atoms with van der Waals surface area (Å²) in [6.07, 6.45) is -4.29. The molecule has 1 aromatic carbocycles. The van der Waals surface area contributed by atoms with Crippen molar-refractivity contribution in [1.29, 1.82) is 0 Å². The van der Waals surface area contributed by atoms with Crippen LogP contribution in [-0.4, -0.2) is 11.0 Å². The van der Waals surface area contributed by atoms with Gasteiger partial charge >= 0.3 is 6.18 Å². The lowest BCUT2D eigenvalue weighted by atomic mass is 10.2. The molecule has 0 saturated carbocycles. The maximum Gasteiger partial charge on any atom is 0.416 e. The van der Waals surface area contributed by atoms with E-state index in [1.54, 1.807) is 0 Å². The zero-order valence-corrected chi connectivity index (χ0v) is 7.32. The van der Waals surface area contributed by atoms with E-state index in [1.165, 1.54) is 12.1 Å². The van der Waals surface area contributed by atoms with Crippen LogP contribution < -0.4 is 0 Å². The summed E-state index contributed by atoms with van der Waals surface area (Å²) in [6.45, 7) is 0. The van der Waals surface area contributed by atoms with Crippen LogP contribution in [0.2, 0.25) is 0 Å². The van der Waals surface area contributed by atoms with E-state index in [2.05, 4.69) is 0 Å². The van der Waals surface area contributed by atoms with E-state index in [1.807, 2.05) is 0 Å². The fourth-order valence-corrected chi connectivity index (χ4v) is 1.29. The lowest BCUT2D eigenvalue weighted by Crippen LogP contribution is -2.03. The molecule has 1 rings (SSSR count). The zero-order chi connectivity index (χ0) is 9.90. The Bertz CT molecular complexity index is 268. The van der Waals surface area contributed by atoms with E-state index in [9.17, 15) is 13.2 Å². The fraction of sp³-hybridized carbons (Fsp3) is 0.250. The quantitative estimate of drug-likeness (QED) is 0.595. The Kier molecular flexibility index (Phi) is 3.22. The van der Waals surface area contributed by atoms with Gasteiger partial charge in [-0.15, -0.1) is 0 Å². The van der Waals surface area contributed by atoms with Crippen molar-refractivity contribution < 1.29 is 18.3 Å². The van der Waals surface area contributed by atoms with Crippen molar-refractivity contribution >= 4 is 11.8 Å². The highest BCUT2D eigenvalue weighted by molar-refractivity contribution is 7.99. The molecule has 0 fully saturated rings. The summed E-state index contributed by atoms with van der Waals surface area (Å²) >= 11 is 1.08. The average Bonchev–Trinajstić information content (AvgIpc) is 2.04. The summed E-state index contributed by atoms with van der Waals surface area (Å²) in [4.78, 5) is 0.621. The molecule has 0 spiro atoms. The SMILES string of the molecule is OCSc1ccc(C(F)(F)F)cc1. The van der Waals surface area contributed by atoms with Crippen LogP contribution in [0.1, 0.15) is 5.56 Å². The minimum atomic E-state index is -4.29. The molecule has 0 heterocycles. The smallest absolute Gasteiger partial charge is 0.385 e. The third-order valence-corrected chi connectivity index (χ3v) is 2.15. The van der Waals surface area contributed by atoms with E-state index in [0.29, 0.717) is 4.90 Å². The molecule has 0 radical (unpaired) electrons. The van der Waals surface area contributed by atoms with Gasteiger partial charge in [0.15, 0.2) is 0 Å². The van der Waals surface area contributed by atoms with Crippen molar-refractivity contribution in [2.24, 2.45) is 0 Å². The van der Waals surface area contributed by atoms with Crippen molar-refractivity contribution in [1.82, 2.24) is 0 Å². The second kappa shape index (κ2) is 4.02. The summed E-state index contributed by atoms with van der Waals surface area (Å²) < 4.78 is 36.1. The maximum absolute atomic E-state index is 12.0. The van der Waals surface area contributed by atoms with Crippen molar-refractivity contribution in [3.8, 4) is 0 Å². The van der Waals surface area contributed by atoms with E-state index in [0.717, 1.165) is 23.9 Å². The van der Waals surface area contributed by atoms with E-state index >= 15 is 0 Å². The number of benzene rings is 1. The number of rotatable bonds is 2. The zero-order valence-electron chi connectivity index (χ0n) is 6.51. The van der Waals surface area contributed by atoms with E-state index in [-0.39, 0.29) is 5.94 Å². The number of aliphatic hydroxyl groups excluding tert-OH is 1. The van der Waals surface area contributed by atoms with Gasteiger partial charge in [-0.2, -0.15) is 13.2 Å². The average molecular weight is 208 g/mol. The molecule has 0 aliphatic carbocycles. The molecule has 13 heavy (non-hydrogen) atoms. The first-order chi connectivity index (χ1) is 6.04. The lowest BCUT2D eigenvalue weighted by Gasteiger charge is -2.06. The molecule has 0 unspecified atom stereocenters. The van der Waals surface area contributed by atoms with E-state index < -0.39 is 11.7 Å². The third kappa shape index (κ3) is 2.93. The monoisotopic (exact) mass is 208 g/mol. The maximum atomic E-state index is 12.0. The van der Waals surface area contributed by atoms with Gasteiger partial charge in [0.25, 0.3) is 0 Å². The topological polar surface area (TPSA) is 20.2 Å². The van der Waals surface area contributed by atoms with Gasteiger partial charge in [-0.25, -0.2) is 0 Å². The molecule has 0 bridgehead atoms. The predicted molar refractivity (Wildman–Crippen MR) is 44.4 cm³/mol. The molecule has 1 aromatic rings. The van der Waals surface area contributed by atoms with Crippen LogP contribution in [-0.2, 0) is 6.18 Å². The molecular formula is C8H7F3OS. The molecule has 0 aliphatic heterocycles. The first kappa shape index (κ1) is 10.4. The normalized spacial score (nSPS) is 11.7. The van der Waals surface area contributed by atoms with Crippen LogP contribution in [0.4, 0.5) is 13.2 Å². The third-order valence-electron chi connectivity index (χ3n) is 1.41. The van der Waals surface area contributed by atoms with Crippen LogP contribution in [0.25, 0.3) is 0 Å². The highest BCUT2D eigenvalue weighted by Crippen LogP contribution is 2.30. The Morgan fingerprint density at radius 2 is 1.69 bits per heavy atom. The highest BCUT2D eigenvalue weighted by atomic mass is 32.2. The van der Waals surface area contributed by atoms with Crippen molar-refractivity contribution in [2.45, 2.75) is 11.1 Å². The van der Waals surface area contributed by atoms with Gasteiger partial charge in [0, 0.05) is 4.90 Å². The first-order valence-electron chi connectivity index (χ1n) is 3.45. The predicted octanol–water partition coefficient (Wildman–Crippen LogP) is 2.75. The number of alkyl halides is 3. The number of thioether (sulfide) groups is 1. The molecule has 5 heteroatoms. The van der Waals surface area contributed by atoms with Crippen LogP contribution >= 0.6 is 11.8 Å². The Hall–Kier alpha value is -0.680. The number of hydrogen-bond acceptors (Lipinski definition) is 2. The molecule has 0 atom stereocenters. The van der Waals surface area contributed by atoms with Crippen molar-refractivity contribution in [3.05, 3.63) is 29.8 Å². The Balaban J connectivity index is 2.81. The van der Waals surface area contributed by atoms with Crippen LogP contribution in [0, 0.1) is 0 Å². The van der Waals surface area contributed by atoms with Crippen LogP contribution in [0.15, 0.2) is 29.2 Å². The van der Waals surface area contributed by atoms with Crippen LogP contribution in [0.5, 0.6) is 0 Å². The van der Waals surface area contributed by atoms with Gasteiger partial charge in [0.1, 0.15) is 0 Å². The van der Waals surface area contributed by atoms with Crippen LogP contribution in [0.3, 0.4) is 0 Å². The highest BCUT2D eigenvalue weighted by Gasteiger charge is 2.29. The summed E-state index contributed by atoms with van der Waals surface area (Å²) in [6, 6.07) is 4.67. The lowest BCUT2D eigenvalue weighted by molar-refractivity contribution is -0.137. The Labute approximate surface area is 77.6 Å². The standard InChI is InChI=1S/C8H7F3OS/c9-8(10,11)6-1-3-7(4-2-6)13-5-12/h1-4,12H,5H2. The molecular weight excluding hydrogens is 201 g/mol. The van der Waals surface area contributed by atoms with Gasteiger partial charge in [-0.3, -0.25) is 0 Å². The number of halogens is 3. The summed E-state index contributed by atoms with van der Waals surface area (Å²) in [5, 5.41) is 8.49. The molecule has 0 amide bonds. The van der Waals surface area contributed by atoms with Gasteiger partial charge in [-0.1, -0.05) is 11.8 Å². The minimum absolute atomic E-state index is 0.134. The molecule has 72 valence electrons. The second-order valence-corrected chi connectivity index (χ2v) is 3.31. The van der Waals surface area contributed by atoms with Gasteiger partial charge in [0.05, 0.1) is 11.5 Å². The fourth-order valence-electron chi connectivity index (χ4n) is 0.815. The summed E-state index contributed by atoms with van der Waals surface area (Å²) in [5.74, 6) is -0.134. The minimum Gasteiger partial charge on any atom is -0.385 e. The molecule has 1 nitrogen and oxygen atoms in total. The van der Waals surface area contributed by atoms with E-state index in [4.69, 9.17) is 5.11 Å².